The summed E-state index contributed by atoms with van der Waals surface area (Å²) in [6, 6.07) is 0. The summed E-state index contributed by atoms with van der Waals surface area (Å²) in [6.07, 6.45) is 0. The van der Waals surface area contributed by atoms with Gasteiger partial charge in [0.2, 0.25) is 0 Å². The molecule has 0 N–H and O–H groups in total. The van der Waals surface area contributed by atoms with Crippen LogP contribution >= 0.6 is 55.8 Å². The van der Waals surface area contributed by atoms with Gasteiger partial charge in [-0.05, 0) is 0 Å². The molecule has 1 heterocycles. The van der Waals surface area contributed by atoms with Gasteiger partial charge in [-0.3, -0.25) is 0 Å². The van der Waals surface area contributed by atoms with E-state index in [9.17, 15) is 0 Å². The fraction of sp³-hybridized carbons (Fsp3) is 0. The third-order valence-corrected chi connectivity index (χ3v) is 3.11. The van der Waals surface area contributed by atoms with Crippen molar-refractivity contribution in [3.05, 3.63) is 20.1 Å². The SMILES string of the molecule is Clc1c(Cl)c(Cl)c2c(c1Cl)O2.[Cl][W]. The van der Waals surface area contributed by atoms with Crippen LogP contribution in [0.15, 0.2) is 0 Å². The van der Waals surface area contributed by atoms with Crippen molar-refractivity contribution in [1.82, 2.24) is 0 Å². The Hall–Kier alpha value is 1.16. The van der Waals surface area contributed by atoms with Crippen LogP contribution in [0.3, 0.4) is 0 Å². The van der Waals surface area contributed by atoms with Gasteiger partial charge in [0.15, 0.2) is 11.5 Å². The van der Waals surface area contributed by atoms with Gasteiger partial charge in [-0.25, -0.2) is 0 Å². The minimum absolute atomic E-state index is 0.245. The molecule has 1 nitrogen and oxygen atoms in total. The summed E-state index contributed by atoms with van der Waals surface area (Å²) in [7, 11) is 4.72. The Morgan fingerprint density at radius 3 is 1.31 bits per heavy atom. The van der Waals surface area contributed by atoms with Crippen LogP contribution < -0.4 is 4.74 Å². The van der Waals surface area contributed by atoms with Crippen molar-refractivity contribution in [1.29, 1.82) is 0 Å². The summed E-state index contributed by atoms with van der Waals surface area (Å²) in [5.41, 5.74) is 0. The Kier molecular flexibility index (Phi) is 4.50. The van der Waals surface area contributed by atoms with Gasteiger partial charge in [-0.15, -0.1) is 0 Å². The zero-order valence-corrected chi connectivity index (χ0v) is 12.4. The molecule has 71 valence electrons. The van der Waals surface area contributed by atoms with Crippen molar-refractivity contribution in [2.75, 3.05) is 0 Å². The van der Waals surface area contributed by atoms with E-state index >= 15 is 0 Å². The Bertz CT molecular complexity index is 321. The van der Waals surface area contributed by atoms with Crippen molar-refractivity contribution < 1.29 is 23.5 Å². The number of rotatable bonds is 0. The van der Waals surface area contributed by atoms with Crippen molar-refractivity contribution in [2.24, 2.45) is 0 Å². The first-order valence-electron chi connectivity index (χ1n) is 2.82. The van der Waals surface area contributed by atoms with Gasteiger partial charge >= 0.3 is 28.2 Å². The van der Waals surface area contributed by atoms with E-state index in [1.54, 1.807) is 0 Å². The van der Waals surface area contributed by atoms with Gasteiger partial charge in [-0.2, -0.15) is 0 Å². The zero-order valence-electron chi connectivity index (χ0n) is 5.71. The van der Waals surface area contributed by atoms with Gasteiger partial charge < -0.3 is 4.74 Å². The number of benzene rings is 1. The number of ether oxygens (including phenoxy) is 1. The standard InChI is InChI=1S/C6Cl4O.ClH.W/c7-1-2(8)4(10)6-5(11-6)3(1)9;;/h;1H;/q;;+1/p-1. The second-order valence-corrected chi connectivity index (χ2v) is 3.53. The van der Waals surface area contributed by atoms with E-state index in [0.717, 1.165) is 18.8 Å². The monoisotopic (exact) mass is 447 g/mol. The van der Waals surface area contributed by atoms with E-state index in [4.69, 9.17) is 60.6 Å². The minimum atomic E-state index is 0.245. The molecule has 1 aliphatic rings. The van der Waals surface area contributed by atoms with Crippen molar-refractivity contribution in [3.63, 3.8) is 0 Å². The van der Waals surface area contributed by atoms with Crippen LogP contribution in [-0.4, -0.2) is 0 Å². The van der Waals surface area contributed by atoms with Crippen molar-refractivity contribution >= 4 is 55.8 Å². The van der Waals surface area contributed by atoms with Gasteiger partial charge in [0.1, 0.15) is 10.0 Å². The summed E-state index contributed by atoms with van der Waals surface area (Å²) >= 11 is 23.9. The predicted molar refractivity (Wildman–Crippen MR) is 52.4 cm³/mol. The predicted octanol–water partition coefficient (Wildman–Crippen LogP) is 5.09. The van der Waals surface area contributed by atoms with Crippen LogP contribution in [0.5, 0.6) is 11.5 Å². The molecular formula is C6Cl5OW. The second-order valence-electron chi connectivity index (χ2n) is 2.02. The second kappa shape index (κ2) is 4.79. The molecule has 1 aromatic carbocycles. The van der Waals surface area contributed by atoms with E-state index in [1.165, 1.54) is 0 Å². The molecule has 0 saturated carbocycles. The van der Waals surface area contributed by atoms with Crippen LogP contribution in [0.1, 0.15) is 0 Å². The first-order chi connectivity index (χ1) is 6.13. The number of halogens is 5. The van der Waals surface area contributed by atoms with E-state index in [1.807, 2.05) is 0 Å². The molecule has 7 heteroatoms. The van der Waals surface area contributed by atoms with E-state index in [-0.39, 0.29) is 10.0 Å². The van der Waals surface area contributed by atoms with Crippen molar-refractivity contribution in [2.45, 2.75) is 0 Å². The molecule has 1 aromatic rings. The number of hydrogen-bond donors (Lipinski definition) is 0. The number of fused-ring (bicyclic) bond motifs is 1. The van der Waals surface area contributed by atoms with Crippen LogP contribution in [0.4, 0.5) is 0 Å². The maximum absolute atomic E-state index is 5.71. The Labute approximate surface area is 110 Å². The van der Waals surface area contributed by atoms with E-state index < -0.39 is 0 Å². The molecule has 2 rings (SSSR count). The quantitative estimate of drug-likeness (QED) is 0.310. The molecule has 13 heavy (non-hydrogen) atoms. The summed E-state index contributed by atoms with van der Waals surface area (Å²) < 4.78 is 4.93. The average Bonchev–Trinajstić information content (AvgIpc) is 2.94. The van der Waals surface area contributed by atoms with E-state index in [0.29, 0.717) is 21.5 Å². The molecule has 0 unspecified atom stereocenters. The van der Waals surface area contributed by atoms with Gasteiger partial charge in [-0.1, -0.05) is 46.4 Å². The molecule has 0 spiro atoms. The first kappa shape index (κ1) is 12.2. The third-order valence-electron chi connectivity index (χ3n) is 1.35. The van der Waals surface area contributed by atoms with Crippen LogP contribution in [0, 0.1) is 0 Å². The molecular weight excluding hydrogens is 449 g/mol. The molecule has 0 amide bonds. The topological polar surface area (TPSA) is 12.5 Å². The summed E-state index contributed by atoms with van der Waals surface area (Å²) in [5.74, 6) is 1.07. The summed E-state index contributed by atoms with van der Waals surface area (Å²) in [6.45, 7) is 0. The van der Waals surface area contributed by atoms with Gasteiger partial charge in [0.25, 0.3) is 0 Å². The molecule has 0 bridgehead atoms. The maximum atomic E-state index is 5.71. The Morgan fingerprint density at radius 1 is 0.692 bits per heavy atom. The van der Waals surface area contributed by atoms with Crippen LogP contribution in [0.25, 0.3) is 0 Å². The Balaban J connectivity index is 0.000000396. The first-order valence-corrected chi connectivity index (χ1v) is 7.97. The van der Waals surface area contributed by atoms with Crippen LogP contribution in [0.2, 0.25) is 20.1 Å². The normalized spacial score (nSPS) is 10.8. The van der Waals surface area contributed by atoms with Crippen LogP contribution in [-0.2, 0) is 18.8 Å². The Morgan fingerprint density at radius 2 is 1.00 bits per heavy atom. The van der Waals surface area contributed by atoms with Crippen molar-refractivity contribution in [3.8, 4) is 11.5 Å². The summed E-state index contributed by atoms with van der Waals surface area (Å²) in [4.78, 5) is 0. The fourth-order valence-corrected chi connectivity index (χ4v) is 1.65. The molecule has 0 saturated heterocycles. The zero-order chi connectivity index (χ0) is 10.2. The molecule has 0 aromatic heterocycles. The molecule has 0 radical (unpaired) electrons. The van der Waals surface area contributed by atoms with Gasteiger partial charge in [0, 0.05) is 0 Å². The van der Waals surface area contributed by atoms with Gasteiger partial charge in [0.05, 0.1) is 10.0 Å². The van der Waals surface area contributed by atoms with E-state index in [2.05, 4.69) is 0 Å². The summed E-state index contributed by atoms with van der Waals surface area (Å²) in [5, 5.41) is 1.15. The molecule has 0 atom stereocenters. The number of hydrogen-bond acceptors (Lipinski definition) is 1. The fourth-order valence-electron chi connectivity index (χ4n) is 0.758. The molecule has 1 aliphatic heterocycles. The third kappa shape index (κ3) is 2.22. The molecule has 0 aliphatic carbocycles. The molecule has 0 fully saturated rings. The average molecular weight is 449 g/mol.